The van der Waals surface area contributed by atoms with E-state index in [-0.39, 0.29) is 5.91 Å². The van der Waals surface area contributed by atoms with Crippen LogP contribution < -0.4 is 4.90 Å². The number of likely N-dealkylation sites (tertiary alicyclic amines) is 1. The second-order valence-electron chi connectivity index (χ2n) is 6.72. The van der Waals surface area contributed by atoms with Crippen molar-refractivity contribution in [1.29, 1.82) is 0 Å². The topological polar surface area (TPSA) is 36.4 Å². The van der Waals surface area contributed by atoms with Crippen molar-refractivity contribution in [2.75, 3.05) is 18.0 Å². The van der Waals surface area contributed by atoms with Crippen LogP contribution in [0.3, 0.4) is 0 Å². The fourth-order valence-corrected chi connectivity index (χ4v) is 4.01. The maximum atomic E-state index is 12.4. The van der Waals surface area contributed by atoms with Crippen LogP contribution in [0, 0.1) is 0 Å². The second-order valence-corrected chi connectivity index (χ2v) is 6.72. The van der Waals surface area contributed by atoms with Crippen molar-refractivity contribution in [1.82, 2.24) is 9.88 Å². The Morgan fingerprint density at radius 1 is 1.25 bits per heavy atom. The first-order valence-electron chi connectivity index (χ1n) is 8.85. The number of carbonyl (C=O) groups is 1. The molecule has 4 nitrogen and oxygen atoms in total. The zero-order valence-corrected chi connectivity index (χ0v) is 14.1. The summed E-state index contributed by atoms with van der Waals surface area (Å²) in [5.41, 5.74) is 2.29. The zero-order valence-electron chi connectivity index (χ0n) is 14.1. The Bertz CT molecular complexity index is 780. The third-order valence-electron chi connectivity index (χ3n) is 5.17. The molecular formula is C20H23N3O. The number of amides is 1. The van der Waals surface area contributed by atoms with Crippen LogP contribution in [0.25, 0.3) is 10.9 Å². The van der Waals surface area contributed by atoms with Gasteiger partial charge in [-0.1, -0.05) is 37.6 Å². The lowest BCUT2D eigenvalue weighted by Crippen LogP contribution is -2.48. The van der Waals surface area contributed by atoms with Crippen LogP contribution in [0.2, 0.25) is 0 Å². The number of pyridine rings is 1. The number of fused-ring (bicyclic) bond motifs is 3. The molecule has 2 fully saturated rings. The zero-order chi connectivity index (χ0) is 16.5. The number of piperazine rings is 1. The number of aromatic nitrogens is 1. The molecule has 0 saturated carbocycles. The Labute approximate surface area is 142 Å². The molecule has 1 amide bonds. The van der Waals surface area contributed by atoms with Crippen molar-refractivity contribution in [2.45, 2.75) is 38.3 Å². The van der Waals surface area contributed by atoms with E-state index < -0.39 is 0 Å². The van der Waals surface area contributed by atoms with E-state index in [0.717, 1.165) is 37.9 Å². The number of rotatable bonds is 4. The SMILES string of the molecule is CCC/C=C/C(=O)N1CC2CC1CN2c1ccnc2ccccc12. The minimum atomic E-state index is 0.176. The molecule has 24 heavy (non-hydrogen) atoms. The Morgan fingerprint density at radius 2 is 2.12 bits per heavy atom. The van der Waals surface area contributed by atoms with Crippen LogP contribution in [0.15, 0.2) is 48.7 Å². The van der Waals surface area contributed by atoms with Crippen LogP contribution in [0.1, 0.15) is 26.2 Å². The van der Waals surface area contributed by atoms with Crippen LogP contribution in [-0.4, -0.2) is 41.0 Å². The van der Waals surface area contributed by atoms with Crippen molar-refractivity contribution in [3.63, 3.8) is 0 Å². The van der Waals surface area contributed by atoms with E-state index in [4.69, 9.17) is 0 Å². The van der Waals surface area contributed by atoms with Gasteiger partial charge in [-0.25, -0.2) is 0 Å². The predicted molar refractivity (Wildman–Crippen MR) is 97.0 cm³/mol. The average molecular weight is 321 g/mol. The summed E-state index contributed by atoms with van der Waals surface area (Å²) in [5, 5.41) is 1.20. The molecule has 2 saturated heterocycles. The predicted octanol–water partition coefficient (Wildman–Crippen LogP) is 3.38. The fourth-order valence-electron chi connectivity index (χ4n) is 4.01. The normalized spacial score (nSPS) is 22.9. The van der Waals surface area contributed by atoms with Crippen molar-refractivity contribution in [3.05, 3.63) is 48.7 Å². The number of hydrogen-bond donors (Lipinski definition) is 0. The van der Waals surface area contributed by atoms with Crippen molar-refractivity contribution < 1.29 is 4.79 Å². The van der Waals surface area contributed by atoms with Crippen molar-refractivity contribution in [3.8, 4) is 0 Å². The summed E-state index contributed by atoms with van der Waals surface area (Å²) in [6, 6.07) is 11.1. The average Bonchev–Trinajstić information content (AvgIpc) is 3.22. The number of carbonyl (C=O) groups excluding carboxylic acids is 1. The van der Waals surface area contributed by atoms with E-state index in [9.17, 15) is 4.79 Å². The van der Waals surface area contributed by atoms with E-state index in [1.165, 1.54) is 11.1 Å². The van der Waals surface area contributed by atoms with Gasteiger partial charge >= 0.3 is 0 Å². The molecule has 0 radical (unpaired) electrons. The highest BCUT2D eigenvalue weighted by molar-refractivity contribution is 5.92. The molecule has 4 rings (SSSR count). The first kappa shape index (κ1) is 15.2. The smallest absolute Gasteiger partial charge is 0.246 e. The van der Waals surface area contributed by atoms with Crippen LogP contribution in [-0.2, 0) is 4.79 Å². The fraction of sp³-hybridized carbons (Fsp3) is 0.400. The molecule has 1 aromatic heterocycles. The molecule has 2 aromatic rings. The molecule has 1 aromatic carbocycles. The van der Waals surface area contributed by atoms with Gasteiger partial charge in [0.05, 0.1) is 11.6 Å². The summed E-state index contributed by atoms with van der Waals surface area (Å²) in [6.45, 7) is 3.88. The van der Waals surface area contributed by atoms with Crippen LogP contribution in [0.5, 0.6) is 0 Å². The number of para-hydroxylation sites is 1. The van der Waals surface area contributed by atoms with E-state index in [1.54, 1.807) is 6.08 Å². The lowest BCUT2D eigenvalue weighted by Gasteiger charge is -2.35. The number of allylic oxidation sites excluding steroid dienone is 1. The number of unbranched alkanes of at least 4 members (excludes halogenated alkanes) is 1. The molecule has 2 aliphatic heterocycles. The number of anilines is 1. The molecule has 2 bridgehead atoms. The van der Waals surface area contributed by atoms with Crippen molar-refractivity contribution >= 4 is 22.5 Å². The summed E-state index contributed by atoms with van der Waals surface area (Å²) >= 11 is 0. The number of benzene rings is 1. The number of hydrogen-bond acceptors (Lipinski definition) is 3. The molecule has 4 heteroatoms. The van der Waals surface area contributed by atoms with Gasteiger partial charge < -0.3 is 9.80 Å². The largest absolute Gasteiger partial charge is 0.364 e. The monoisotopic (exact) mass is 321 g/mol. The van der Waals surface area contributed by atoms with E-state index in [0.29, 0.717) is 12.1 Å². The highest BCUT2D eigenvalue weighted by Gasteiger charge is 2.45. The van der Waals surface area contributed by atoms with Gasteiger partial charge in [-0.2, -0.15) is 0 Å². The molecular weight excluding hydrogens is 298 g/mol. The molecule has 0 aliphatic carbocycles. The quantitative estimate of drug-likeness (QED) is 0.810. The summed E-state index contributed by atoms with van der Waals surface area (Å²) in [5.74, 6) is 0.176. The van der Waals surface area contributed by atoms with E-state index >= 15 is 0 Å². The minimum absolute atomic E-state index is 0.176. The maximum Gasteiger partial charge on any atom is 0.246 e. The Morgan fingerprint density at radius 3 is 2.92 bits per heavy atom. The molecule has 2 unspecified atom stereocenters. The Kier molecular flexibility index (Phi) is 3.97. The highest BCUT2D eigenvalue weighted by Crippen LogP contribution is 2.37. The third kappa shape index (κ3) is 2.56. The van der Waals surface area contributed by atoms with Gasteiger partial charge in [-0.15, -0.1) is 0 Å². The summed E-state index contributed by atoms with van der Waals surface area (Å²) in [6.07, 6.45) is 8.78. The van der Waals surface area contributed by atoms with Gasteiger partial charge in [0, 0.05) is 36.4 Å². The number of nitrogens with zero attached hydrogens (tertiary/aromatic N) is 3. The van der Waals surface area contributed by atoms with Crippen molar-refractivity contribution in [2.24, 2.45) is 0 Å². The molecule has 2 atom stereocenters. The van der Waals surface area contributed by atoms with Gasteiger partial charge in [0.15, 0.2) is 0 Å². The van der Waals surface area contributed by atoms with Gasteiger partial charge in [-0.05, 0) is 31.1 Å². The second kappa shape index (κ2) is 6.27. The Balaban J connectivity index is 1.53. The standard InChI is InChI=1S/C20H23N3O/c1-2-3-4-9-20(24)23-14-15-12-16(23)13-22(15)19-10-11-21-18-8-6-5-7-17(18)19/h4-11,15-16H,2-3,12-14H2,1H3/b9-4+. The van der Waals surface area contributed by atoms with Crippen LogP contribution in [0.4, 0.5) is 5.69 Å². The molecule has 2 aliphatic rings. The van der Waals surface area contributed by atoms with E-state index in [1.807, 2.05) is 18.3 Å². The molecule has 0 spiro atoms. The lowest BCUT2D eigenvalue weighted by atomic mass is 10.1. The summed E-state index contributed by atoms with van der Waals surface area (Å²) in [4.78, 5) is 21.4. The van der Waals surface area contributed by atoms with Gasteiger partial charge in [0.2, 0.25) is 5.91 Å². The first-order valence-corrected chi connectivity index (χ1v) is 8.85. The minimum Gasteiger partial charge on any atom is -0.364 e. The molecule has 0 N–H and O–H groups in total. The molecule has 124 valence electrons. The summed E-state index contributed by atoms with van der Waals surface area (Å²) < 4.78 is 0. The molecule has 3 heterocycles. The van der Waals surface area contributed by atoms with Gasteiger partial charge in [0.25, 0.3) is 0 Å². The Hall–Kier alpha value is -2.36. The lowest BCUT2D eigenvalue weighted by molar-refractivity contribution is -0.127. The first-order chi connectivity index (χ1) is 11.8. The third-order valence-corrected chi connectivity index (χ3v) is 5.17. The highest BCUT2D eigenvalue weighted by atomic mass is 16.2. The maximum absolute atomic E-state index is 12.4. The van der Waals surface area contributed by atoms with Gasteiger partial charge in [-0.3, -0.25) is 9.78 Å². The van der Waals surface area contributed by atoms with Crippen LogP contribution >= 0.6 is 0 Å². The van der Waals surface area contributed by atoms with Gasteiger partial charge in [0.1, 0.15) is 0 Å². The summed E-state index contributed by atoms with van der Waals surface area (Å²) in [7, 11) is 0. The van der Waals surface area contributed by atoms with E-state index in [2.05, 4.69) is 46.0 Å².